The molecule has 3 heteroatoms. The van der Waals surface area contributed by atoms with Gasteiger partial charge in [-0.1, -0.05) is 6.92 Å². The zero-order valence-corrected chi connectivity index (χ0v) is 11.2. The lowest BCUT2D eigenvalue weighted by Crippen LogP contribution is -2.32. The first-order chi connectivity index (χ1) is 7.77. The van der Waals surface area contributed by atoms with Gasteiger partial charge in [-0.2, -0.15) is 0 Å². The number of rotatable bonds is 10. The van der Waals surface area contributed by atoms with Crippen LogP contribution in [0.3, 0.4) is 0 Å². The molecule has 0 aromatic heterocycles. The van der Waals surface area contributed by atoms with Crippen LogP contribution in [0.1, 0.15) is 39.5 Å². The van der Waals surface area contributed by atoms with Crippen LogP contribution in [0.2, 0.25) is 0 Å². The highest BCUT2D eigenvalue weighted by molar-refractivity contribution is 4.84. The number of methoxy groups -OCH3 is 1. The summed E-state index contributed by atoms with van der Waals surface area (Å²) in [6.45, 7) is 8.75. The Balaban J connectivity index is 2.07. The third-order valence-electron chi connectivity index (χ3n) is 3.28. The molecule has 96 valence electrons. The molecule has 0 radical (unpaired) electrons. The molecule has 1 fully saturated rings. The van der Waals surface area contributed by atoms with E-state index in [2.05, 4.69) is 24.1 Å². The van der Waals surface area contributed by atoms with Crippen LogP contribution in [0.5, 0.6) is 0 Å². The second-order valence-electron chi connectivity index (χ2n) is 4.86. The van der Waals surface area contributed by atoms with Crippen molar-refractivity contribution in [3.05, 3.63) is 0 Å². The Bertz CT molecular complexity index is 171. The molecule has 0 spiro atoms. The number of nitrogens with one attached hydrogen (secondary N) is 1. The molecule has 0 saturated heterocycles. The number of ether oxygens (including phenoxy) is 1. The van der Waals surface area contributed by atoms with Gasteiger partial charge in [0.25, 0.3) is 0 Å². The maximum absolute atomic E-state index is 5.16. The highest BCUT2D eigenvalue weighted by Gasteiger charge is 2.27. The van der Waals surface area contributed by atoms with Crippen molar-refractivity contribution in [1.29, 1.82) is 0 Å². The van der Waals surface area contributed by atoms with Crippen LogP contribution in [0, 0.1) is 0 Å². The molecule has 1 unspecified atom stereocenters. The van der Waals surface area contributed by atoms with Gasteiger partial charge in [0.15, 0.2) is 0 Å². The van der Waals surface area contributed by atoms with Gasteiger partial charge in [-0.3, -0.25) is 4.90 Å². The first-order valence-corrected chi connectivity index (χ1v) is 6.74. The summed E-state index contributed by atoms with van der Waals surface area (Å²) in [6, 6.07) is 1.53. The Morgan fingerprint density at radius 3 is 2.69 bits per heavy atom. The Kier molecular flexibility index (Phi) is 7.01. The molecule has 0 amide bonds. The fraction of sp³-hybridized carbons (Fsp3) is 1.00. The predicted molar refractivity (Wildman–Crippen MR) is 68.8 cm³/mol. The van der Waals surface area contributed by atoms with E-state index in [0.29, 0.717) is 6.04 Å². The first kappa shape index (κ1) is 13.9. The summed E-state index contributed by atoms with van der Waals surface area (Å²) >= 11 is 0. The van der Waals surface area contributed by atoms with Gasteiger partial charge in [0.2, 0.25) is 0 Å². The summed E-state index contributed by atoms with van der Waals surface area (Å²) in [4.78, 5) is 2.60. The lowest BCUT2D eigenvalue weighted by molar-refractivity contribution is 0.141. The molecule has 0 heterocycles. The van der Waals surface area contributed by atoms with E-state index in [1.165, 1.54) is 32.2 Å². The highest BCUT2D eigenvalue weighted by atomic mass is 16.5. The van der Waals surface area contributed by atoms with Gasteiger partial charge in [0.05, 0.1) is 6.61 Å². The monoisotopic (exact) mass is 228 g/mol. The van der Waals surface area contributed by atoms with Crippen molar-refractivity contribution in [2.45, 2.75) is 51.6 Å². The van der Waals surface area contributed by atoms with Crippen LogP contribution in [0.4, 0.5) is 0 Å². The second kappa shape index (κ2) is 8.04. The van der Waals surface area contributed by atoms with Gasteiger partial charge >= 0.3 is 0 Å². The molecule has 16 heavy (non-hydrogen) atoms. The minimum atomic E-state index is 0.661. The zero-order chi connectivity index (χ0) is 11.8. The number of hydrogen-bond donors (Lipinski definition) is 1. The van der Waals surface area contributed by atoms with E-state index in [1.54, 1.807) is 7.11 Å². The van der Waals surface area contributed by atoms with Crippen LogP contribution in [-0.2, 0) is 4.74 Å². The summed E-state index contributed by atoms with van der Waals surface area (Å²) in [6.07, 6.45) is 5.37. The molecule has 1 aliphatic carbocycles. The van der Waals surface area contributed by atoms with Crippen molar-refractivity contribution in [1.82, 2.24) is 10.2 Å². The van der Waals surface area contributed by atoms with Crippen molar-refractivity contribution < 1.29 is 4.74 Å². The highest BCUT2D eigenvalue weighted by Crippen LogP contribution is 2.26. The fourth-order valence-electron chi connectivity index (χ4n) is 2.18. The molecule has 0 bridgehead atoms. The molecule has 1 atom stereocenters. The van der Waals surface area contributed by atoms with Crippen molar-refractivity contribution >= 4 is 0 Å². The fourth-order valence-corrected chi connectivity index (χ4v) is 2.18. The molecule has 0 aromatic rings. The van der Waals surface area contributed by atoms with Gasteiger partial charge in [-0.05, 0) is 45.7 Å². The molecule has 0 aliphatic heterocycles. The van der Waals surface area contributed by atoms with Crippen LogP contribution in [0.15, 0.2) is 0 Å². The average Bonchev–Trinajstić information content (AvgIpc) is 3.07. The van der Waals surface area contributed by atoms with Crippen LogP contribution in [-0.4, -0.2) is 50.3 Å². The van der Waals surface area contributed by atoms with Crippen molar-refractivity contribution in [3.8, 4) is 0 Å². The minimum Gasteiger partial charge on any atom is -0.383 e. The van der Waals surface area contributed by atoms with Crippen LogP contribution >= 0.6 is 0 Å². The summed E-state index contributed by atoms with van der Waals surface area (Å²) < 4.78 is 5.16. The van der Waals surface area contributed by atoms with Crippen LogP contribution in [0.25, 0.3) is 0 Å². The van der Waals surface area contributed by atoms with Crippen molar-refractivity contribution in [2.75, 3.05) is 33.4 Å². The van der Waals surface area contributed by atoms with E-state index in [4.69, 9.17) is 4.74 Å². The normalized spacial score (nSPS) is 18.0. The van der Waals surface area contributed by atoms with E-state index < -0.39 is 0 Å². The van der Waals surface area contributed by atoms with Crippen LogP contribution < -0.4 is 5.32 Å². The molecular formula is C13H28N2O. The third-order valence-corrected chi connectivity index (χ3v) is 3.28. The number of hydrogen-bond acceptors (Lipinski definition) is 3. The average molecular weight is 228 g/mol. The largest absolute Gasteiger partial charge is 0.383 e. The van der Waals surface area contributed by atoms with E-state index in [1.807, 2.05) is 0 Å². The van der Waals surface area contributed by atoms with Crippen molar-refractivity contribution in [2.24, 2.45) is 0 Å². The first-order valence-electron chi connectivity index (χ1n) is 6.74. The maximum atomic E-state index is 5.16. The molecule has 1 saturated carbocycles. The minimum absolute atomic E-state index is 0.661. The lowest BCUT2D eigenvalue weighted by atomic mass is 10.1. The number of nitrogens with zero attached hydrogens (tertiary/aromatic N) is 1. The molecular weight excluding hydrogens is 200 g/mol. The third kappa shape index (κ3) is 5.83. The van der Waals surface area contributed by atoms with Gasteiger partial charge in [-0.25, -0.2) is 0 Å². The topological polar surface area (TPSA) is 24.5 Å². The quantitative estimate of drug-likeness (QED) is 0.618. The Morgan fingerprint density at radius 1 is 1.38 bits per heavy atom. The summed E-state index contributed by atoms with van der Waals surface area (Å²) in [5.41, 5.74) is 0. The summed E-state index contributed by atoms with van der Waals surface area (Å²) in [5.74, 6) is 0. The maximum Gasteiger partial charge on any atom is 0.0589 e. The molecule has 0 aromatic carbocycles. The Hall–Kier alpha value is -0.120. The molecule has 3 nitrogen and oxygen atoms in total. The van der Waals surface area contributed by atoms with Crippen molar-refractivity contribution in [3.63, 3.8) is 0 Å². The predicted octanol–water partition coefficient (Wildman–Crippen LogP) is 1.88. The summed E-state index contributed by atoms with van der Waals surface area (Å²) in [7, 11) is 1.79. The lowest BCUT2D eigenvalue weighted by Gasteiger charge is -2.22. The Labute approximate surface area is 101 Å². The Morgan fingerprint density at radius 2 is 2.12 bits per heavy atom. The van der Waals surface area contributed by atoms with E-state index >= 15 is 0 Å². The standard InChI is InChI=1S/C13H28N2O/c1-4-14-12(2)6-5-9-15(10-11-16-3)13-7-8-13/h12-14H,4-11H2,1-3H3. The molecule has 1 N–H and O–H groups in total. The van der Waals surface area contributed by atoms with Gasteiger partial charge < -0.3 is 10.1 Å². The van der Waals surface area contributed by atoms with Gasteiger partial charge in [-0.15, -0.1) is 0 Å². The molecule has 1 rings (SSSR count). The SMILES string of the molecule is CCNC(C)CCCN(CCOC)C1CC1. The van der Waals surface area contributed by atoms with E-state index in [9.17, 15) is 0 Å². The smallest absolute Gasteiger partial charge is 0.0589 e. The van der Waals surface area contributed by atoms with E-state index in [0.717, 1.165) is 25.7 Å². The second-order valence-corrected chi connectivity index (χ2v) is 4.86. The van der Waals surface area contributed by atoms with Gasteiger partial charge in [0.1, 0.15) is 0 Å². The zero-order valence-electron chi connectivity index (χ0n) is 11.2. The molecule has 1 aliphatic rings. The summed E-state index contributed by atoms with van der Waals surface area (Å²) in [5, 5.41) is 3.46. The van der Waals surface area contributed by atoms with E-state index in [-0.39, 0.29) is 0 Å². The van der Waals surface area contributed by atoms with Gasteiger partial charge in [0, 0.05) is 25.7 Å².